The van der Waals surface area contributed by atoms with Crippen LogP contribution in [0.5, 0.6) is 0 Å². The Kier molecular flexibility index (Phi) is 8.20. The highest BCUT2D eigenvalue weighted by Crippen LogP contribution is 2.31. The van der Waals surface area contributed by atoms with E-state index >= 15 is 0 Å². The van der Waals surface area contributed by atoms with Crippen molar-refractivity contribution in [2.75, 3.05) is 29.0 Å². The number of nitrogens with zero attached hydrogens (tertiary/aromatic N) is 3. The lowest BCUT2D eigenvalue weighted by atomic mass is 9.97. The summed E-state index contributed by atoms with van der Waals surface area (Å²) in [4.78, 5) is 31.6. The molecule has 3 heterocycles. The number of likely N-dealkylation sites (tertiary alicyclic amines) is 1. The van der Waals surface area contributed by atoms with E-state index in [9.17, 15) is 9.59 Å². The number of piperidine rings is 1. The molecule has 4 aromatic rings. The average molecular weight is 550 g/mol. The fraction of sp³-hybridized carbons (Fsp3) is 0.312. The third-order valence-electron chi connectivity index (χ3n) is 7.30. The number of aryl methyl sites for hydroxylation is 1. The van der Waals surface area contributed by atoms with Crippen molar-refractivity contribution in [2.45, 2.75) is 52.5 Å². The van der Waals surface area contributed by atoms with Crippen molar-refractivity contribution in [1.29, 1.82) is 0 Å². The smallest absolute Gasteiger partial charge is 0.298 e. The largest absolute Gasteiger partial charge is 0.363 e. The number of H-pyrrole nitrogens is 1. The molecular weight excluding hydrogens is 514 g/mol. The van der Waals surface area contributed by atoms with Gasteiger partial charge >= 0.3 is 0 Å². The van der Waals surface area contributed by atoms with Crippen LogP contribution in [0.3, 0.4) is 0 Å². The fourth-order valence-corrected chi connectivity index (χ4v) is 5.32. The van der Waals surface area contributed by atoms with Crippen molar-refractivity contribution in [3.8, 4) is 11.8 Å². The van der Waals surface area contributed by atoms with E-state index in [2.05, 4.69) is 69.8 Å². The van der Waals surface area contributed by atoms with Crippen LogP contribution in [0.4, 0.5) is 22.9 Å². The predicted octanol–water partition coefficient (Wildman–Crippen LogP) is 5.81. The Bertz CT molecular complexity index is 1650. The van der Waals surface area contributed by atoms with Crippen LogP contribution in [-0.2, 0) is 4.79 Å². The molecule has 0 bridgehead atoms. The number of aromatic amines is 1. The minimum atomic E-state index is -0.181. The van der Waals surface area contributed by atoms with Crippen LogP contribution in [-0.4, -0.2) is 51.0 Å². The van der Waals surface area contributed by atoms with Crippen LogP contribution in [0.1, 0.15) is 61.0 Å². The third-order valence-corrected chi connectivity index (χ3v) is 7.30. The highest BCUT2D eigenvalue weighted by molar-refractivity contribution is 6.05. The van der Waals surface area contributed by atoms with Crippen LogP contribution in [0.25, 0.3) is 11.0 Å². The highest BCUT2D eigenvalue weighted by atomic mass is 16.2. The number of fused-ring (bicyclic) bond motifs is 1. The first-order chi connectivity index (χ1) is 19.8. The highest BCUT2D eigenvalue weighted by Gasteiger charge is 2.24. The number of carbonyl (C=O) groups is 2. The van der Waals surface area contributed by atoms with Gasteiger partial charge in [0.1, 0.15) is 0 Å². The lowest BCUT2D eigenvalue weighted by molar-refractivity contribution is -0.126. The van der Waals surface area contributed by atoms with E-state index in [1.54, 1.807) is 24.1 Å². The van der Waals surface area contributed by atoms with E-state index in [0.29, 0.717) is 36.0 Å². The van der Waals surface area contributed by atoms with Crippen molar-refractivity contribution in [3.05, 3.63) is 71.4 Å². The molecule has 2 aromatic heterocycles. The van der Waals surface area contributed by atoms with E-state index in [1.165, 1.54) is 5.56 Å². The number of carbonyl (C=O) groups excluding carboxylic acids is 2. The minimum absolute atomic E-state index is 0.0381. The van der Waals surface area contributed by atoms with E-state index in [0.717, 1.165) is 40.9 Å². The van der Waals surface area contributed by atoms with Crippen LogP contribution < -0.4 is 16.0 Å². The van der Waals surface area contributed by atoms with E-state index in [1.807, 2.05) is 36.4 Å². The monoisotopic (exact) mass is 549 g/mol. The van der Waals surface area contributed by atoms with Gasteiger partial charge in [-0.05, 0) is 86.1 Å². The second kappa shape index (κ2) is 12.1. The van der Waals surface area contributed by atoms with Gasteiger partial charge in [0.25, 0.3) is 11.8 Å². The van der Waals surface area contributed by atoms with E-state index in [-0.39, 0.29) is 17.9 Å². The normalized spacial score (nSPS) is 14.9. The van der Waals surface area contributed by atoms with Gasteiger partial charge in [-0.25, -0.2) is 4.98 Å². The second-order valence-electron chi connectivity index (χ2n) is 10.6. The maximum atomic E-state index is 13.1. The molecule has 1 aliphatic heterocycles. The lowest BCUT2D eigenvalue weighted by Crippen LogP contribution is -2.44. The first kappa shape index (κ1) is 27.7. The van der Waals surface area contributed by atoms with Gasteiger partial charge in [-0.3, -0.25) is 14.7 Å². The number of nitrogens with one attached hydrogen (secondary N) is 4. The summed E-state index contributed by atoms with van der Waals surface area (Å²) in [6, 6.07) is 15.3. The second-order valence-corrected chi connectivity index (χ2v) is 10.6. The summed E-state index contributed by atoms with van der Waals surface area (Å²) < 4.78 is 0. The number of anilines is 4. The summed E-state index contributed by atoms with van der Waals surface area (Å²) in [7, 11) is 0. The molecule has 1 fully saturated rings. The van der Waals surface area contributed by atoms with Gasteiger partial charge in [0, 0.05) is 42.3 Å². The Morgan fingerprint density at radius 2 is 1.98 bits per heavy atom. The van der Waals surface area contributed by atoms with Gasteiger partial charge in [0.2, 0.25) is 0 Å². The van der Waals surface area contributed by atoms with E-state index in [4.69, 9.17) is 0 Å². The summed E-state index contributed by atoms with van der Waals surface area (Å²) >= 11 is 0. The molecule has 1 saturated heterocycles. The number of benzene rings is 2. The van der Waals surface area contributed by atoms with Crippen molar-refractivity contribution in [3.63, 3.8) is 0 Å². The summed E-state index contributed by atoms with van der Waals surface area (Å²) in [5, 5.41) is 18.2. The molecule has 0 radical (unpaired) electrons. The van der Waals surface area contributed by atoms with Gasteiger partial charge in [0.15, 0.2) is 11.5 Å². The number of amides is 2. The van der Waals surface area contributed by atoms with Gasteiger partial charge < -0.3 is 20.9 Å². The number of aromatic nitrogens is 3. The van der Waals surface area contributed by atoms with Crippen LogP contribution in [0.15, 0.2) is 54.7 Å². The van der Waals surface area contributed by atoms with Gasteiger partial charge in [-0.2, -0.15) is 5.10 Å². The zero-order valence-corrected chi connectivity index (χ0v) is 23.8. The molecule has 1 unspecified atom stereocenters. The van der Waals surface area contributed by atoms with Crippen molar-refractivity contribution >= 4 is 45.7 Å². The van der Waals surface area contributed by atoms with Crippen LogP contribution in [0, 0.1) is 18.8 Å². The van der Waals surface area contributed by atoms with Gasteiger partial charge in [-0.1, -0.05) is 31.9 Å². The van der Waals surface area contributed by atoms with Crippen molar-refractivity contribution in [1.82, 2.24) is 20.1 Å². The number of hydrogen-bond donors (Lipinski definition) is 4. The molecule has 2 aromatic carbocycles. The maximum absolute atomic E-state index is 13.1. The summed E-state index contributed by atoms with van der Waals surface area (Å²) in [5.74, 6) is 6.08. The molecule has 0 spiro atoms. The molecule has 210 valence electrons. The fourth-order valence-electron chi connectivity index (χ4n) is 5.32. The number of hydrogen-bond acceptors (Lipinski definition) is 6. The molecular formula is C32H35N7O2. The molecule has 1 atom stereocenters. The average Bonchev–Trinajstić information content (AvgIpc) is 3.37. The molecule has 41 heavy (non-hydrogen) atoms. The summed E-state index contributed by atoms with van der Waals surface area (Å²) in [5.41, 5.74) is 5.92. The molecule has 5 rings (SSSR count). The zero-order chi connectivity index (χ0) is 28.9. The van der Waals surface area contributed by atoms with Gasteiger partial charge in [0.05, 0.1) is 11.1 Å². The maximum Gasteiger partial charge on any atom is 0.298 e. The lowest BCUT2D eigenvalue weighted by Gasteiger charge is -2.32. The van der Waals surface area contributed by atoms with Crippen LogP contribution >= 0.6 is 0 Å². The Morgan fingerprint density at radius 3 is 2.76 bits per heavy atom. The number of rotatable bonds is 7. The molecule has 9 nitrogen and oxygen atoms in total. The SMILES string of the molecule is CC#CC(=O)N1CCCC(Nc2n[nH]c3nccc(Nc4cccc(C(=O)Nc5ccc(C(C)C)c(C)c5)c4)c23)C1. The number of pyridine rings is 1. The van der Waals surface area contributed by atoms with Crippen molar-refractivity contribution in [2.24, 2.45) is 0 Å². The summed E-state index contributed by atoms with van der Waals surface area (Å²) in [6.45, 7) is 9.32. The molecule has 0 saturated carbocycles. The molecule has 1 aliphatic rings. The Morgan fingerprint density at radius 1 is 1.12 bits per heavy atom. The molecule has 9 heteroatoms. The van der Waals surface area contributed by atoms with Gasteiger partial charge in [-0.15, -0.1) is 0 Å². The topological polar surface area (TPSA) is 115 Å². The summed E-state index contributed by atoms with van der Waals surface area (Å²) in [6.07, 6.45) is 3.51. The van der Waals surface area contributed by atoms with Crippen molar-refractivity contribution < 1.29 is 9.59 Å². The third kappa shape index (κ3) is 6.33. The Balaban J connectivity index is 1.33. The van der Waals surface area contributed by atoms with Crippen LogP contribution in [0.2, 0.25) is 0 Å². The first-order valence-electron chi connectivity index (χ1n) is 13.9. The molecule has 4 N–H and O–H groups in total. The predicted molar refractivity (Wildman–Crippen MR) is 164 cm³/mol. The zero-order valence-electron chi connectivity index (χ0n) is 23.8. The standard InChI is InChI=1S/C32H35N7O2/c1-5-8-28(40)39-16-7-11-25(19-39)35-31-29-27(14-15-33-30(29)37-38-31)34-23-10-6-9-22(18-23)32(41)36-24-12-13-26(20(2)3)21(4)17-24/h6,9-10,12-15,17-18,20,25H,7,11,16,19H2,1-4H3,(H,36,41)(H3,33,34,35,37,38). The van der Waals surface area contributed by atoms with E-state index < -0.39 is 0 Å². The quantitative estimate of drug-likeness (QED) is 0.216. The minimum Gasteiger partial charge on any atom is -0.363 e. The molecule has 2 amide bonds. The Hall–Kier alpha value is -4.84. The first-order valence-corrected chi connectivity index (χ1v) is 13.9. The molecule has 0 aliphatic carbocycles. The Labute approximate surface area is 240 Å².